The second-order valence-electron chi connectivity index (χ2n) is 9.02. The van der Waals surface area contributed by atoms with Gasteiger partial charge in [0.2, 0.25) is 0 Å². The third kappa shape index (κ3) is 3.44. The van der Waals surface area contributed by atoms with Gasteiger partial charge in [-0.05, 0) is 60.2 Å². The Morgan fingerprint density at radius 2 is 1.65 bits per heavy atom. The van der Waals surface area contributed by atoms with Gasteiger partial charge in [-0.3, -0.25) is 14.9 Å². The molecule has 2 aliphatic heterocycles. The number of nitrogens with one attached hydrogen (secondary N) is 1. The van der Waals surface area contributed by atoms with Crippen LogP contribution in [0.25, 0.3) is 32.8 Å². The number of amides is 2. The molecule has 3 aromatic carbocycles. The molecule has 0 spiro atoms. The number of carbonyl (C=O) groups is 2. The third-order valence-corrected chi connectivity index (χ3v) is 7.12. The molecule has 4 aromatic rings. The summed E-state index contributed by atoms with van der Waals surface area (Å²) in [7, 11) is 0. The molecule has 6 rings (SSSR count). The minimum absolute atomic E-state index is 0. The Morgan fingerprint density at radius 1 is 0.912 bits per heavy atom. The number of imide groups is 1. The zero-order chi connectivity index (χ0) is 22.5. The molecule has 0 bridgehead atoms. The molecule has 0 saturated carbocycles. The number of aryl methyl sites for hydroxylation is 1. The van der Waals surface area contributed by atoms with Crippen LogP contribution in [0.1, 0.15) is 29.7 Å². The number of aromatic nitrogens is 1. The molecular formula is C28H26ClN3O2. The highest BCUT2D eigenvalue weighted by molar-refractivity contribution is 6.50. The Balaban J connectivity index is 0.00000241. The van der Waals surface area contributed by atoms with Crippen molar-refractivity contribution in [2.45, 2.75) is 25.8 Å². The molecule has 5 nitrogen and oxygen atoms in total. The third-order valence-electron chi connectivity index (χ3n) is 7.12. The highest BCUT2D eigenvalue weighted by atomic mass is 35.5. The molecule has 34 heavy (non-hydrogen) atoms. The normalized spacial score (nSPS) is 17.7. The van der Waals surface area contributed by atoms with E-state index in [1.165, 1.54) is 0 Å². The highest BCUT2D eigenvalue weighted by Crippen LogP contribution is 2.42. The van der Waals surface area contributed by atoms with Crippen LogP contribution >= 0.6 is 12.4 Å². The van der Waals surface area contributed by atoms with Gasteiger partial charge < -0.3 is 10.3 Å². The molecule has 1 atom stereocenters. The lowest BCUT2D eigenvalue weighted by atomic mass is 9.87. The molecule has 172 valence electrons. The van der Waals surface area contributed by atoms with Crippen LogP contribution in [-0.4, -0.2) is 22.9 Å². The topological polar surface area (TPSA) is 77.1 Å². The van der Waals surface area contributed by atoms with Gasteiger partial charge in [0.15, 0.2) is 0 Å². The fourth-order valence-electron chi connectivity index (χ4n) is 5.59. The van der Waals surface area contributed by atoms with Gasteiger partial charge in [0.05, 0.1) is 11.1 Å². The van der Waals surface area contributed by atoms with Crippen molar-refractivity contribution >= 4 is 57.0 Å². The zero-order valence-electron chi connectivity index (χ0n) is 18.7. The average Bonchev–Trinajstić information content (AvgIpc) is 3.31. The van der Waals surface area contributed by atoms with E-state index in [9.17, 15) is 9.59 Å². The first-order valence-corrected chi connectivity index (χ1v) is 11.6. The van der Waals surface area contributed by atoms with Crippen LogP contribution in [0.15, 0.2) is 66.7 Å². The number of carbonyl (C=O) groups excluding carboxylic acids is 2. The summed E-state index contributed by atoms with van der Waals surface area (Å²) in [6.07, 6.45) is 2.89. The van der Waals surface area contributed by atoms with Crippen molar-refractivity contribution in [3.63, 3.8) is 0 Å². The first-order valence-electron chi connectivity index (χ1n) is 11.6. The van der Waals surface area contributed by atoms with Crippen LogP contribution in [0.4, 0.5) is 0 Å². The smallest absolute Gasteiger partial charge is 0.259 e. The Bertz CT molecular complexity index is 1480. The van der Waals surface area contributed by atoms with Gasteiger partial charge in [-0.15, -0.1) is 12.4 Å². The predicted octanol–water partition coefficient (Wildman–Crippen LogP) is 4.69. The lowest BCUT2D eigenvalue weighted by Crippen LogP contribution is -2.24. The molecule has 0 aliphatic carbocycles. The summed E-state index contributed by atoms with van der Waals surface area (Å²) in [5.74, 6) is -0.165. The summed E-state index contributed by atoms with van der Waals surface area (Å²) < 4.78 is 2.33. The first-order chi connectivity index (χ1) is 16.2. The lowest BCUT2D eigenvalue weighted by Gasteiger charge is -2.25. The monoisotopic (exact) mass is 471 g/mol. The lowest BCUT2D eigenvalue weighted by molar-refractivity contribution is -0.122. The molecule has 1 aromatic heterocycles. The molecule has 3 N–H and O–H groups in total. The van der Waals surface area contributed by atoms with Gasteiger partial charge in [0.1, 0.15) is 0 Å². The van der Waals surface area contributed by atoms with E-state index in [4.69, 9.17) is 5.73 Å². The predicted molar refractivity (Wildman–Crippen MR) is 139 cm³/mol. The average molecular weight is 472 g/mol. The van der Waals surface area contributed by atoms with E-state index in [2.05, 4.69) is 22.0 Å². The maximum Gasteiger partial charge on any atom is 0.259 e. The summed E-state index contributed by atoms with van der Waals surface area (Å²) in [5, 5.41) is 5.75. The van der Waals surface area contributed by atoms with Crippen molar-refractivity contribution in [3.8, 4) is 0 Å². The Labute approximate surface area is 204 Å². The minimum atomic E-state index is -0.330. The molecule has 0 fully saturated rings. The molecular weight excluding hydrogens is 446 g/mol. The number of hydrogen-bond donors (Lipinski definition) is 2. The summed E-state index contributed by atoms with van der Waals surface area (Å²) >= 11 is 0. The number of para-hydroxylation sites is 1. The van der Waals surface area contributed by atoms with Crippen LogP contribution in [0.5, 0.6) is 0 Å². The fourth-order valence-corrected chi connectivity index (χ4v) is 5.59. The quantitative estimate of drug-likeness (QED) is 0.424. The van der Waals surface area contributed by atoms with Gasteiger partial charge in [-0.1, -0.05) is 54.6 Å². The van der Waals surface area contributed by atoms with E-state index in [-0.39, 0.29) is 24.2 Å². The molecule has 0 radical (unpaired) electrons. The summed E-state index contributed by atoms with van der Waals surface area (Å²) in [4.78, 5) is 26.3. The van der Waals surface area contributed by atoms with Crippen LogP contribution < -0.4 is 11.1 Å². The summed E-state index contributed by atoms with van der Waals surface area (Å²) in [6.45, 7) is 1.55. The van der Waals surface area contributed by atoms with Crippen molar-refractivity contribution in [1.29, 1.82) is 0 Å². The highest BCUT2D eigenvalue weighted by Gasteiger charge is 2.37. The zero-order valence-corrected chi connectivity index (χ0v) is 19.5. The molecule has 6 heteroatoms. The second-order valence-corrected chi connectivity index (χ2v) is 9.02. The summed E-state index contributed by atoms with van der Waals surface area (Å²) in [6, 6.07) is 22.2. The molecule has 2 amide bonds. The Kier molecular flexibility index (Phi) is 5.76. The first kappa shape index (κ1) is 22.4. The molecule has 2 aliphatic rings. The minimum Gasteiger partial charge on any atom is -0.344 e. The van der Waals surface area contributed by atoms with Gasteiger partial charge in [-0.25, -0.2) is 0 Å². The number of benzene rings is 3. The fraction of sp³-hybridized carbons (Fsp3) is 0.214. The number of nitrogens with two attached hydrogens (primary N) is 1. The molecule has 3 heterocycles. The van der Waals surface area contributed by atoms with E-state index < -0.39 is 0 Å². The Hall–Kier alpha value is -3.41. The van der Waals surface area contributed by atoms with Gasteiger partial charge in [-0.2, -0.15) is 0 Å². The molecule has 1 unspecified atom stereocenters. The van der Waals surface area contributed by atoms with Crippen LogP contribution in [0.3, 0.4) is 0 Å². The van der Waals surface area contributed by atoms with Crippen molar-refractivity contribution < 1.29 is 9.59 Å². The van der Waals surface area contributed by atoms with Crippen molar-refractivity contribution in [2.75, 3.05) is 6.54 Å². The maximum atomic E-state index is 13.2. The van der Waals surface area contributed by atoms with E-state index >= 15 is 0 Å². The standard InChI is InChI=1S/C28H25N3O2.ClH/c29-13-11-17-12-14-31-22-8-4-3-7-21(22)25(23(31)15-17)26-24(27(32)30-28(26)33)20-10-9-18-5-1-2-6-19(18)16-20;/h1-10,16-17H,11-15,29H2,(H,30,32,33);1H. The van der Waals surface area contributed by atoms with E-state index in [0.29, 0.717) is 23.6 Å². The largest absolute Gasteiger partial charge is 0.344 e. The maximum absolute atomic E-state index is 13.2. The van der Waals surface area contributed by atoms with Crippen LogP contribution in [-0.2, 0) is 22.6 Å². The van der Waals surface area contributed by atoms with E-state index in [1.807, 2.05) is 54.6 Å². The number of nitrogens with zero attached hydrogens (tertiary/aromatic N) is 1. The van der Waals surface area contributed by atoms with Gasteiger partial charge in [0.25, 0.3) is 11.8 Å². The molecule has 0 saturated heterocycles. The van der Waals surface area contributed by atoms with Crippen LogP contribution in [0, 0.1) is 5.92 Å². The van der Waals surface area contributed by atoms with E-state index in [1.54, 1.807) is 0 Å². The Morgan fingerprint density at radius 3 is 2.47 bits per heavy atom. The van der Waals surface area contributed by atoms with Gasteiger partial charge in [0, 0.05) is 28.7 Å². The number of halogens is 1. The van der Waals surface area contributed by atoms with Crippen molar-refractivity contribution in [1.82, 2.24) is 9.88 Å². The second kappa shape index (κ2) is 8.75. The van der Waals surface area contributed by atoms with Gasteiger partial charge >= 0.3 is 0 Å². The number of hydrogen-bond acceptors (Lipinski definition) is 3. The number of fused-ring (bicyclic) bond motifs is 4. The van der Waals surface area contributed by atoms with Crippen molar-refractivity contribution in [3.05, 3.63) is 83.6 Å². The number of rotatable bonds is 4. The van der Waals surface area contributed by atoms with E-state index in [0.717, 1.165) is 64.3 Å². The SMILES string of the molecule is Cl.NCCC1CCn2c(c(C3=C(c4ccc5ccccc5c4)C(=O)NC3=O)c3ccccc32)C1. The van der Waals surface area contributed by atoms with Crippen LogP contribution in [0.2, 0.25) is 0 Å². The summed E-state index contributed by atoms with van der Waals surface area (Å²) in [5.41, 5.74) is 10.8. The van der Waals surface area contributed by atoms with Crippen molar-refractivity contribution in [2.24, 2.45) is 11.7 Å².